The molecule has 2 fully saturated rings. The van der Waals surface area contributed by atoms with Crippen molar-refractivity contribution in [3.63, 3.8) is 0 Å². The van der Waals surface area contributed by atoms with Gasteiger partial charge in [-0.05, 0) is 11.8 Å². The number of nitrogens with zero attached hydrogens (tertiary/aromatic N) is 1. The van der Waals surface area contributed by atoms with Crippen molar-refractivity contribution in [1.29, 1.82) is 0 Å². The first-order valence-corrected chi connectivity index (χ1v) is 5.01. The molecule has 1 unspecified atom stereocenters. The number of imide groups is 1. The summed E-state index contributed by atoms with van der Waals surface area (Å²) < 4.78 is 0. The molecular formula is C10H14N2O3. The van der Waals surface area contributed by atoms with Crippen LogP contribution >= 0.6 is 0 Å². The van der Waals surface area contributed by atoms with Crippen LogP contribution < -0.4 is 5.32 Å². The summed E-state index contributed by atoms with van der Waals surface area (Å²) in [6, 6.07) is 0. The van der Waals surface area contributed by atoms with Crippen LogP contribution in [0.25, 0.3) is 0 Å². The molecule has 5 heteroatoms. The smallest absolute Gasteiger partial charge is 0.246 e. The highest BCUT2D eigenvalue weighted by molar-refractivity contribution is 6.03. The SMILES string of the molecule is CC1(C)CC1C(=O)N1CC(=O)NC(=O)C1. The standard InChI is InChI=1S/C10H14N2O3/c1-10(2)3-6(10)9(15)12-4-7(13)11-8(14)5-12/h6H,3-5H2,1-2H3,(H,11,13,14). The Morgan fingerprint density at radius 2 is 1.80 bits per heavy atom. The van der Waals surface area contributed by atoms with Crippen molar-refractivity contribution in [2.75, 3.05) is 13.1 Å². The Labute approximate surface area is 87.8 Å². The van der Waals surface area contributed by atoms with Gasteiger partial charge in [0.15, 0.2) is 0 Å². The summed E-state index contributed by atoms with van der Waals surface area (Å²) >= 11 is 0. The van der Waals surface area contributed by atoms with E-state index in [1.165, 1.54) is 4.90 Å². The van der Waals surface area contributed by atoms with Gasteiger partial charge in [0.25, 0.3) is 0 Å². The number of piperazine rings is 1. The second-order valence-corrected chi connectivity index (χ2v) is 4.91. The van der Waals surface area contributed by atoms with E-state index in [4.69, 9.17) is 0 Å². The molecule has 2 rings (SSSR count). The number of carbonyl (C=O) groups is 3. The van der Waals surface area contributed by atoms with E-state index >= 15 is 0 Å². The van der Waals surface area contributed by atoms with Gasteiger partial charge in [-0.1, -0.05) is 13.8 Å². The average molecular weight is 210 g/mol. The highest BCUT2D eigenvalue weighted by atomic mass is 16.2. The van der Waals surface area contributed by atoms with E-state index in [2.05, 4.69) is 5.32 Å². The minimum Gasteiger partial charge on any atom is -0.324 e. The zero-order valence-electron chi connectivity index (χ0n) is 8.87. The average Bonchev–Trinajstić information content (AvgIpc) is 2.72. The predicted molar refractivity (Wildman–Crippen MR) is 51.6 cm³/mol. The molecule has 0 spiro atoms. The van der Waals surface area contributed by atoms with Crippen molar-refractivity contribution in [2.45, 2.75) is 20.3 Å². The van der Waals surface area contributed by atoms with Crippen molar-refractivity contribution >= 4 is 17.7 Å². The highest BCUT2D eigenvalue weighted by Crippen LogP contribution is 2.52. The second-order valence-electron chi connectivity index (χ2n) is 4.91. The topological polar surface area (TPSA) is 66.5 Å². The van der Waals surface area contributed by atoms with Crippen LogP contribution in [0.2, 0.25) is 0 Å². The van der Waals surface area contributed by atoms with Gasteiger partial charge in [0.1, 0.15) is 13.1 Å². The molecule has 1 aliphatic carbocycles. The first-order valence-electron chi connectivity index (χ1n) is 5.01. The summed E-state index contributed by atoms with van der Waals surface area (Å²) in [7, 11) is 0. The zero-order valence-corrected chi connectivity index (χ0v) is 8.87. The van der Waals surface area contributed by atoms with Gasteiger partial charge in [-0.25, -0.2) is 0 Å². The van der Waals surface area contributed by atoms with Gasteiger partial charge >= 0.3 is 0 Å². The minimum atomic E-state index is -0.391. The molecule has 1 heterocycles. The van der Waals surface area contributed by atoms with Crippen LogP contribution in [0.3, 0.4) is 0 Å². The number of carbonyl (C=O) groups excluding carboxylic acids is 3. The van der Waals surface area contributed by atoms with Crippen LogP contribution in [-0.2, 0) is 14.4 Å². The molecule has 0 radical (unpaired) electrons. The monoisotopic (exact) mass is 210 g/mol. The third-order valence-electron chi connectivity index (χ3n) is 3.07. The highest BCUT2D eigenvalue weighted by Gasteiger charge is 2.52. The lowest BCUT2D eigenvalue weighted by Crippen LogP contribution is -2.53. The van der Waals surface area contributed by atoms with Crippen molar-refractivity contribution in [3.8, 4) is 0 Å². The maximum Gasteiger partial charge on any atom is 0.246 e. The number of hydrogen-bond acceptors (Lipinski definition) is 3. The molecule has 1 saturated heterocycles. The van der Waals surface area contributed by atoms with Crippen LogP contribution in [0.15, 0.2) is 0 Å². The Kier molecular flexibility index (Phi) is 2.06. The molecule has 1 saturated carbocycles. The molecule has 1 N–H and O–H groups in total. The molecule has 2 aliphatic rings. The Bertz CT molecular complexity index is 333. The van der Waals surface area contributed by atoms with Crippen molar-refractivity contribution in [2.24, 2.45) is 11.3 Å². The fourth-order valence-corrected chi connectivity index (χ4v) is 1.90. The maximum absolute atomic E-state index is 11.9. The molecular weight excluding hydrogens is 196 g/mol. The Balaban J connectivity index is 2.02. The largest absolute Gasteiger partial charge is 0.324 e. The van der Waals surface area contributed by atoms with Crippen LogP contribution in [0.4, 0.5) is 0 Å². The number of nitrogens with one attached hydrogen (secondary N) is 1. The summed E-state index contributed by atoms with van der Waals surface area (Å²) in [5.41, 5.74) is 0.0358. The van der Waals surface area contributed by atoms with Crippen LogP contribution in [-0.4, -0.2) is 35.7 Å². The van der Waals surface area contributed by atoms with Gasteiger partial charge in [0, 0.05) is 5.92 Å². The first-order chi connectivity index (χ1) is 6.90. The summed E-state index contributed by atoms with van der Waals surface area (Å²) in [4.78, 5) is 35.3. The van der Waals surface area contributed by atoms with Gasteiger partial charge in [-0.2, -0.15) is 0 Å². The van der Waals surface area contributed by atoms with Gasteiger partial charge in [0.05, 0.1) is 0 Å². The molecule has 0 aromatic heterocycles. The van der Waals surface area contributed by atoms with E-state index in [9.17, 15) is 14.4 Å². The number of hydrogen-bond donors (Lipinski definition) is 1. The van der Waals surface area contributed by atoms with E-state index in [1.54, 1.807) is 0 Å². The number of amides is 3. The van der Waals surface area contributed by atoms with E-state index in [0.29, 0.717) is 0 Å². The van der Waals surface area contributed by atoms with Gasteiger partial charge in [0.2, 0.25) is 17.7 Å². The Hall–Kier alpha value is -1.39. The zero-order chi connectivity index (χ0) is 11.2. The molecule has 15 heavy (non-hydrogen) atoms. The second kappa shape index (κ2) is 3.05. The van der Waals surface area contributed by atoms with Crippen LogP contribution in [0, 0.1) is 11.3 Å². The minimum absolute atomic E-state index is 0.0111. The van der Waals surface area contributed by atoms with Crippen LogP contribution in [0.1, 0.15) is 20.3 Å². The lowest BCUT2D eigenvalue weighted by Gasteiger charge is -2.26. The van der Waals surface area contributed by atoms with E-state index in [1.807, 2.05) is 13.8 Å². The third-order valence-corrected chi connectivity index (χ3v) is 3.07. The van der Waals surface area contributed by atoms with Gasteiger partial charge < -0.3 is 4.90 Å². The summed E-state index contributed by atoms with van der Waals surface area (Å²) in [6.45, 7) is 4.05. The lowest BCUT2D eigenvalue weighted by atomic mass is 10.1. The molecule has 1 aliphatic heterocycles. The number of rotatable bonds is 1. The van der Waals surface area contributed by atoms with Crippen molar-refractivity contribution in [3.05, 3.63) is 0 Å². The fraction of sp³-hybridized carbons (Fsp3) is 0.700. The van der Waals surface area contributed by atoms with E-state index < -0.39 is 11.8 Å². The summed E-state index contributed by atoms with van der Waals surface area (Å²) in [5.74, 6) is -0.865. The van der Waals surface area contributed by atoms with E-state index in [0.717, 1.165) is 6.42 Å². The lowest BCUT2D eigenvalue weighted by molar-refractivity contribution is -0.146. The molecule has 0 aromatic rings. The normalized spacial score (nSPS) is 28.7. The summed E-state index contributed by atoms with van der Waals surface area (Å²) in [5, 5.41) is 2.17. The van der Waals surface area contributed by atoms with Gasteiger partial charge in [-0.15, -0.1) is 0 Å². The fourth-order valence-electron chi connectivity index (χ4n) is 1.90. The Morgan fingerprint density at radius 1 is 1.33 bits per heavy atom. The Morgan fingerprint density at radius 3 is 2.20 bits per heavy atom. The summed E-state index contributed by atoms with van der Waals surface area (Å²) in [6.07, 6.45) is 0.845. The molecule has 5 nitrogen and oxygen atoms in total. The molecule has 0 bridgehead atoms. The maximum atomic E-state index is 11.9. The molecule has 82 valence electrons. The quantitative estimate of drug-likeness (QED) is 0.594. The molecule has 3 amide bonds. The van der Waals surface area contributed by atoms with E-state index in [-0.39, 0.29) is 30.3 Å². The first kappa shape index (κ1) is 10.1. The van der Waals surface area contributed by atoms with Crippen molar-refractivity contribution in [1.82, 2.24) is 10.2 Å². The molecule has 0 aromatic carbocycles. The van der Waals surface area contributed by atoms with Gasteiger partial charge in [-0.3, -0.25) is 19.7 Å². The van der Waals surface area contributed by atoms with Crippen LogP contribution in [0.5, 0.6) is 0 Å². The third kappa shape index (κ3) is 1.86. The predicted octanol–water partition coefficient (Wildman–Crippen LogP) is -0.482. The molecule has 1 atom stereocenters. The van der Waals surface area contributed by atoms with Crippen molar-refractivity contribution < 1.29 is 14.4 Å².